The molecule has 2 fully saturated rings. The molecule has 3 heterocycles. The molecule has 6 heteroatoms. The van der Waals surface area contributed by atoms with Crippen LogP contribution in [0, 0.1) is 10.2 Å². The van der Waals surface area contributed by atoms with E-state index in [1.807, 2.05) is 18.3 Å². The Bertz CT molecular complexity index is 887. The van der Waals surface area contributed by atoms with Gasteiger partial charge in [0.2, 0.25) is 0 Å². The average Bonchev–Trinajstić information content (AvgIpc) is 2.91. The van der Waals surface area contributed by atoms with Crippen LogP contribution in [0.4, 0.5) is 0 Å². The third kappa shape index (κ3) is 3.37. The maximum absolute atomic E-state index is 12.1. The van der Waals surface area contributed by atoms with E-state index >= 15 is 0 Å². The number of hydrogen-bond acceptors (Lipinski definition) is 5. The lowest BCUT2D eigenvalue weighted by Crippen LogP contribution is -2.40. The first kappa shape index (κ1) is 16.8. The maximum atomic E-state index is 12.1. The summed E-state index contributed by atoms with van der Waals surface area (Å²) in [7, 11) is -0.631. The highest BCUT2D eigenvalue weighted by Gasteiger charge is 2.42. The van der Waals surface area contributed by atoms with Gasteiger partial charge in [0.15, 0.2) is 0 Å². The molecule has 1 spiro atoms. The van der Waals surface area contributed by atoms with E-state index in [0.717, 1.165) is 50.2 Å². The Morgan fingerprint density at radius 2 is 2.08 bits per heavy atom. The Balaban J connectivity index is 1.48. The van der Waals surface area contributed by atoms with Crippen molar-refractivity contribution in [2.24, 2.45) is 5.41 Å². The fourth-order valence-electron chi connectivity index (χ4n) is 4.29. The Morgan fingerprint density at radius 1 is 1.28 bits per heavy atom. The van der Waals surface area contributed by atoms with Crippen molar-refractivity contribution in [2.45, 2.75) is 25.8 Å². The van der Waals surface area contributed by atoms with E-state index in [1.54, 1.807) is 7.11 Å². The minimum Gasteiger partial charge on any atom is -0.497 e. The van der Waals surface area contributed by atoms with Crippen molar-refractivity contribution in [3.8, 4) is 5.75 Å². The number of nitrogens with zero attached hydrogens (tertiary/aromatic N) is 2. The lowest BCUT2D eigenvalue weighted by Gasteiger charge is -2.38. The Hall–Kier alpha value is -1.66. The summed E-state index contributed by atoms with van der Waals surface area (Å²) in [6.07, 6.45) is 4.98. The summed E-state index contributed by atoms with van der Waals surface area (Å²) < 4.78 is 25.3. The van der Waals surface area contributed by atoms with Gasteiger partial charge in [0.05, 0.1) is 12.6 Å². The molecule has 1 aromatic heterocycles. The second-order valence-corrected chi connectivity index (χ2v) is 9.86. The molecular formula is C19H25N3O2S. The first-order chi connectivity index (χ1) is 12.0. The highest BCUT2D eigenvalue weighted by atomic mass is 32.2. The van der Waals surface area contributed by atoms with Gasteiger partial charge < -0.3 is 4.74 Å². The van der Waals surface area contributed by atoms with Crippen molar-refractivity contribution < 1.29 is 8.95 Å². The minimum absolute atomic E-state index is 0.170. The van der Waals surface area contributed by atoms with Crippen LogP contribution in [0.15, 0.2) is 30.5 Å². The number of piperidine rings is 1. The summed E-state index contributed by atoms with van der Waals surface area (Å²) in [5, 5.41) is 1.18. The van der Waals surface area contributed by atoms with Crippen LogP contribution in [0.25, 0.3) is 10.9 Å². The largest absolute Gasteiger partial charge is 0.497 e. The van der Waals surface area contributed by atoms with Gasteiger partial charge >= 0.3 is 0 Å². The van der Waals surface area contributed by atoms with Crippen LogP contribution in [0.5, 0.6) is 5.75 Å². The number of pyridine rings is 1. The zero-order chi connectivity index (χ0) is 17.5. The van der Waals surface area contributed by atoms with E-state index in [9.17, 15) is 4.21 Å². The molecule has 0 radical (unpaired) electrons. The molecule has 0 saturated carbocycles. The summed E-state index contributed by atoms with van der Waals surface area (Å²) in [6, 6.07) is 8.16. The summed E-state index contributed by atoms with van der Waals surface area (Å²) in [5.74, 6) is 2.05. The van der Waals surface area contributed by atoms with Crippen LogP contribution >= 0.6 is 0 Å². The summed E-state index contributed by atoms with van der Waals surface area (Å²) in [5.41, 5.74) is 2.43. The molecule has 134 valence electrons. The molecule has 25 heavy (non-hydrogen) atoms. The Labute approximate surface area is 149 Å². The van der Waals surface area contributed by atoms with E-state index in [-0.39, 0.29) is 5.41 Å². The van der Waals surface area contributed by atoms with Gasteiger partial charge in [-0.2, -0.15) is 0 Å². The Kier molecular flexibility index (Phi) is 4.20. The first-order valence-corrected chi connectivity index (χ1v) is 10.8. The van der Waals surface area contributed by atoms with Crippen molar-refractivity contribution in [1.29, 1.82) is 4.78 Å². The predicted octanol–water partition coefficient (Wildman–Crippen LogP) is 3.28. The third-order valence-corrected chi connectivity index (χ3v) is 7.79. The smallest absolute Gasteiger partial charge is 0.121 e. The van der Waals surface area contributed by atoms with E-state index in [2.05, 4.69) is 22.0 Å². The third-order valence-electron chi connectivity index (χ3n) is 5.85. The number of aromatic nitrogens is 1. The SMILES string of the molecule is COc1ccc2c(CN3CCC4(CC3)CCS(=N)(=O)C4)ccnc2c1. The number of fused-ring (bicyclic) bond motifs is 1. The molecule has 0 aliphatic carbocycles. The molecule has 1 N–H and O–H groups in total. The van der Waals surface area contributed by atoms with Crippen molar-refractivity contribution in [3.05, 3.63) is 36.0 Å². The fourth-order valence-corrected chi connectivity index (χ4v) is 6.62. The van der Waals surface area contributed by atoms with Crippen LogP contribution in [-0.2, 0) is 16.3 Å². The first-order valence-electron chi connectivity index (χ1n) is 8.87. The molecule has 0 bridgehead atoms. The average molecular weight is 359 g/mol. The van der Waals surface area contributed by atoms with E-state index < -0.39 is 9.73 Å². The number of ether oxygens (including phenoxy) is 1. The quantitative estimate of drug-likeness (QED) is 0.913. The second kappa shape index (κ2) is 6.25. The zero-order valence-corrected chi connectivity index (χ0v) is 15.5. The number of rotatable bonds is 3. The highest BCUT2D eigenvalue weighted by molar-refractivity contribution is 7.92. The summed E-state index contributed by atoms with van der Waals surface area (Å²) in [4.78, 5) is 6.95. The van der Waals surface area contributed by atoms with Crippen LogP contribution < -0.4 is 4.74 Å². The molecule has 0 amide bonds. The van der Waals surface area contributed by atoms with Crippen molar-refractivity contribution in [3.63, 3.8) is 0 Å². The molecule has 1 aromatic carbocycles. The molecule has 2 saturated heterocycles. The predicted molar refractivity (Wildman–Crippen MR) is 100 cm³/mol. The van der Waals surface area contributed by atoms with Gasteiger partial charge in [-0.3, -0.25) is 14.7 Å². The van der Waals surface area contributed by atoms with Crippen LogP contribution in [0.2, 0.25) is 0 Å². The molecule has 2 aliphatic rings. The van der Waals surface area contributed by atoms with Crippen LogP contribution in [0.1, 0.15) is 24.8 Å². The van der Waals surface area contributed by atoms with Gasteiger partial charge in [-0.15, -0.1) is 0 Å². The van der Waals surface area contributed by atoms with E-state index in [1.165, 1.54) is 10.9 Å². The van der Waals surface area contributed by atoms with Gasteiger partial charge in [-0.1, -0.05) is 0 Å². The number of likely N-dealkylation sites (tertiary alicyclic amines) is 1. The van der Waals surface area contributed by atoms with Gasteiger partial charge in [0.25, 0.3) is 0 Å². The molecule has 4 rings (SSSR count). The van der Waals surface area contributed by atoms with Gasteiger partial charge in [0.1, 0.15) is 5.75 Å². The molecule has 1 atom stereocenters. The van der Waals surface area contributed by atoms with E-state index in [0.29, 0.717) is 11.5 Å². The van der Waals surface area contributed by atoms with Crippen LogP contribution in [-0.4, -0.2) is 45.8 Å². The molecule has 1 unspecified atom stereocenters. The molecular weight excluding hydrogens is 334 g/mol. The summed E-state index contributed by atoms with van der Waals surface area (Å²) in [6.45, 7) is 2.96. The second-order valence-electron chi connectivity index (χ2n) is 7.54. The lowest BCUT2D eigenvalue weighted by atomic mass is 9.78. The topological polar surface area (TPSA) is 66.3 Å². The summed E-state index contributed by atoms with van der Waals surface area (Å²) >= 11 is 0. The molecule has 2 aliphatic heterocycles. The van der Waals surface area contributed by atoms with Crippen molar-refractivity contribution in [1.82, 2.24) is 9.88 Å². The number of methoxy groups -OCH3 is 1. The van der Waals surface area contributed by atoms with Crippen molar-refractivity contribution in [2.75, 3.05) is 31.7 Å². The van der Waals surface area contributed by atoms with Gasteiger partial charge in [0, 0.05) is 45.4 Å². The standard InChI is InChI=1S/C19H25N3O2S/c1-24-16-2-3-17-15(4-8-21-18(17)12-16)13-22-9-5-19(6-10-22)7-11-25(20,23)14-19/h2-4,8,12,20H,5-7,9-11,13-14H2,1H3. The number of benzene rings is 1. The fraction of sp³-hybridized carbons (Fsp3) is 0.526. The minimum atomic E-state index is -2.30. The van der Waals surface area contributed by atoms with Crippen LogP contribution in [0.3, 0.4) is 0 Å². The van der Waals surface area contributed by atoms with E-state index in [4.69, 9.17) is 9.52 Å². The normalized spacial score (nSPS) is 26.3. The number of hydrogen-bond donors (Lipinski definition) is 1. The number of nitrogens with one attached hydrogen (secondary N) is 1. The maximum Gasteiger partial charge on any atom is 0.121 e. The monoisotopic (exact) mass is 359 g/mol. The van der Waals surface area contributed by atoms with Gasteiger partial charge in [-0.05, 0) is 61.5 Å². The zero-order valence-electron chi connectivity index (χ0n) is 14.7. The van der Waals surface area contributed by atoms with Gasteiger partial charge in [-0.25, -0.2) is 4.21 Å². The highest BCUT2D eigenvalue weighted by Crippen LogP contribution is 2.42. The Morgan fingerprint density at radius 3 is 2.76 bits per heavy atom. The van der Waals surface area contributed by atoms with Crippen molar-refractivity contribution >= 4 is 20.6 Å². The molecule has 5 nitrogen and oxygen atoms in total. The lowest BCUT2D eigenvalue weighted by molar-refractivity contribution is 0.118. The molecule has 2 aromatic rings.